The first-order chi connectivity index (χ1) is 14.1. The van der Waals surface area contributed by atoms with Crippen LogP contribution in [-0.4, -0.2) is 15.5 Å². The Kier molecular flexibility index (Phi) is 5.27. The van der Waals surface area contributed by atoms with Gasteiger partial charge in [-0.05, 0) is 42.2 Å². The molecule has 0 fully saturated rings. The van der Waals surface area contributed by atoms with Crippen molar-refractivity contribution in [3.63, 3.8) is 0 Å². The molecule has 29 heavy (non-hydrogen) atoms. The van der Waals surface area contributed by atoms with E-state index in [0.717, 1.165) is 17.7 Å². The first kappa shape index (κ1) is 19.1. The number of fused-ring (bicyclic) bond motifs is 1. The molecule has 0 atom stereocenters. The van der Waals surface area contributed by atoms with E-state index in [1.807, 2.05) is 61.5 Å². The van der Waals surface area contributed by atoms with E-state index in [2.05, 4.69) is 17.2 Å². The molecule has 6 heteroatoms. The van der Waals surface area contributed by atoms with Gasteiger partial charge in [0.05, 0.1) is 23.1 Å². The number of rotatable bonds is 5. The average molecular weight is 404 g/mol. The van der Waals surface area contributed by atoms with E-state index in [9.17, 15) is 9.59 Å². The summed E-state index contributed by atoms with van der Waals surface area (Å²) in [7, 11) is 0. The zero-order valence-electron chi connectivity index (χ0n) is 16.3. The van der Waals surface area contributed by atoms with Crippen LogP contribution in [0.5, 0.6) is 0 Å². The third-order valence-corrected chi connectivity index (χ3v) is 6.14. The number of aryl methyl sites for hydroxylation is 2. The number of benzene rings is 2. The molecule has 2 heterocycles. The molecule has 0 aliphatic rings. The second-order valence-corrected chi connectivity index (χ2v) is 7.90. The number of hydrogen-bond acceptors (Lipinski definition) is 4. The van der Waals surface area contributed by atoms with Gasteiger partial charge in [0.2, 0.25) is 0 Å². The Morgan fingerprint density at radius 2 is 1.79 bits per heavy atom. The van der Waals surface area contributed by atoms with Crippen molar-refractivity contribution in [3.05, 3.63) is 92.8 Å². The van der Waals surface area contributed by atoms with E-state index in [1.165, 1.54) is 16.9 Å². The zero-order valence-corrected chi connectivity index (χ0v) is 17.1. The predicted octanol–water partition coefficient (Wildman–Crippen LogP) is 4.63. The number of aromatic nitrogens is 2. The van der Waals surface area contributed by atoms with E-state index in [4.69, 9.17) is 0 Å². The van der Waals surface area contributed by atoms with Gasteiger partial charge in [0, 0.05) is 5.69 Å². The molecule has 5 nitrogen and oxygen atoms in total. The van der Waals surface area contributed by atoms with Crippen molar-refractivity contribution in [2.75, 3.05) is 5.32 Å². The largest absolute Gasteiger partial charge is 0.321 e. The smallest absolute Gasteiger partial charge is 0.266 e. The number of carbonyl (C=O) groups excluding carboxylic acids is 1. The first-order valence-corrected chi connectivity index (χ1v) is 10.3. The average Bonchev–Trinajstić information content (AvgIpc) is 3.09. The molecule has 4 aromatic rings. The molecule has 1 N–H and O–H groups in total. The molecule has 0 bridgehead atoms. The minimum absolute atomic E-state index is 0.126. The van der Waals surface area contributed by atoms with E-state index in [-0.39, 0.29) is 11.5 Å². The summed E-state index contributed by atoms with van der Waals surface area (Å²) in [6, 6.07) is 17.6. The molecule has 0 aliphatic carbocycles. The molecule has 0 unspecified atom stereocenters. The van der Waals surface area contributed by atoms with Crippen molar-refractivity contribution >= 4 is 33.1 Å². The Balaban J connectivity index is 1.65. The number of nitrogens with zero attached hydrogens (tertiary/aromatic N) is 2. The second kappa shape index (κ2) is 8.01. The summed E-state index contributed by atoms with van der Waals surface area (Å²) >= 11 is 1.25. The number of hydrogen-bond donors (Lipinski definition) is 1. The van der Waals surface area contributed by atoms with Crippen molar-refractivity contribution < 1.29 is 4.79 Å². The summed E-state index contributed by atoms with van der Waals surface area (Å²) in [4.78, 5) is 31.4. The molecule has 146 valence electrons. The van der Waals surface area contributed by atoms with Gasteiger partial charge in [-0.25, -0.2) is 4.98 Å². The highest BCUT2D eigenvalue weighted by molar-refractivity contribution is 7.20. The SMILES string of the molecule is CCc1ccc(NC(=O)c2sc3ncn(Cc4ccccc4)c(=O)c3c2C)cc1. The summed E-state index contributed by atoms with van der Waals surface area (Å²) in [5, 5.41) is 3.43. The maximum atomic E-state index is 13.0. The van der Waals surface area contributed by atoms with Crippen LogP contribution in [0.15, 0.2) is 65.7 Å². The van der Waals surface area contributed by atoms with Crippen LogP contribution in [0.4, 0.5) is 5.69 Å². The standard InChI is InChI=1S/C23H21N3O2S/c1-3-16-9-11-18(12-10-16)25-21(27)20-15(2)19-22(29-20)24-14-26(23(19)28)13-17-7-5-4-6-8-17/h4-12,14H,3,13H2,1-2H3,(H,25,27). The number of thiophene rings is 1. The van der Waals surface area contributed by atoms with Gasteiger partial charge in [0.25, 0.3) is 11.5 Å². The number of carbonyl (C=O) groups is 1. The van der Waals surface area contributed by atoms with E-state index in [0.29, 0.717) is 27.2 Å². The highest BCUT2D eigenvalue weighted by Crippen LogP contribution is 2.27. The molecular formula is C23H21N3O2S. The Bertz CT molecular complexity index is 1220. The topological polar surface area (TPSA) is 64.0 Å². The molecule has 0 spiro atoms. The molecule has 0 aliphatic heterocycles. The third kappa shape index (κ3) is 3.84. The lowest BCUT2D eigenvalue weighted by Crippen LogP contribution is -2.21. The summed E-state index contributed by atoms with van der Waals surface area (Å²) < 4.78 is 1.59. The highest BCUT2D eigenvalue weighted by atomic mass is 32.1. The highest BCUT2D eigenvalue weighted by Gasteiger charge is 2.19. The fourth-order valence-electron chi connectivity index (χ4n) is 3.28. The lowest BCUT2D eigenvalue weighted by atomic mass is 10.1. The lowest BCUT2D eigenvalue weighted by molar-refractivity contribution is 0.103. The fourth-order valence-corrected chi connectivity index (χ4v) is 4.31. The van der Waals surface area contributed by atoms with E-state index in [1.54, 1.807) is 10.9 Å². The Morgan fingerprint density at radius 1 is 1.07 bits per heavy atom. The minimum Gasteiger partial charge on any atom is -0.321 e. The minimum atomic E-state index is -0.219. The molecular weight excluding hydrogens is 382 g/mol. The summed E-state index contributed by atoms with van der Waals surface area (Å²) in [6.45, 7) is 4.35. The Labute approximate surface area is 172 Å². The van der Waals surface area contributed by atoms with Gasteiger partial charge in [-0.3, -0.25) is 14.2 Å². The van der Waals surface area contributed by atoms with Crippen LogP contribution in [0, 0.1) is 6.92 Å². The summed E-state index contributed by atoms with van der Waals surface area (Å²) in [5.41, 5.74) is 3.52. The molecule has 0 saturated heterocycles. The molecule has 2 aromatic heterocycles. The molecule has 2 aromatic carbocycles. The van der Waals surface area contributed by atoms with Crippen molar-refractivity contribution in [1.29, 1.82) is 0 Å². The maximum Gasteiger partial charge on any atom is 0.266 e. The van der Waals surface area contributed by atoms with Gasteiger partial charge in [0.15, 0.2) is 0 Å². The van der Waals surface area contributed by atoms with Crippen LogP contribution < -0.4 is 10.9 Å². The van der Waals surface area contributed by atoms with Crippen LogP contribution in [0.2, 0.25) is 0 Å². The molecule has 1 amide bonds. The monoisotopic (exact) mass is 403 g/mol. The van der Waals surface area contributed by atoms with Gasteiger partial charge in [0.1, 0.15) is 4.83 Å². The van der Waals surface area contributed by atoms with Gasteiger partial charge in [-0.15, -0.1) is 11.3 Å². The van der Waals surface area contributed by atoms with E-state index >= 15 is 0 Å². The van der Waals surface area contributed by atoms with Gasteiger partial charge >= 0.3 is 0 Å². The summed E-state index contributed by atoms with van der Waals surface area (Å²) in [5.74, 6) is -0.219. The number of anilines is 1. The molecule has 0 radical (unpaired) electrons. The van der Waals surface area contributed by atoms with Gasteiger partial charge < -0.3 is 5.32 Å². The lowest BCUT2D eigenvalue weighted by Gasteiger charge is -2.06. The molecule has 4 rings (SSSR count). The van der Waals surface area contributed by atoms with Crippen LogP contribution in [0.1, 0.15) is 33.3 Å². The van der Waals surface area contributed by atoms with Crippen LogP contribution in [0.25, 0.3) is 10.2 Å². The van der Waals surface area contributed by atoms with Crippen LogP contribution in [0.3, 0.4) is 0 Å². The van der Waals surface area contributed by atoms with Crippen molar-refractivity contribution in [2.24, 2.45) is 0 Å². The fraction of sp³-hybridized carbons (Fsp3) is 0.174. The summed E-state index contributed by atoms with van der Waals surface area (Å²) in [6.07, 6.45) is 2.50. The van der Waals surface area contributed by atoms with Crippen molar-refractivity contribution in [1.82, 2.24) is 9.55 Å². The first-order valence-electron chi connectivity index (χ1n) is 9.49. The van der Waals surface area contributed by atoms with Crippen molar-refractivity contribution in [2.45, 2.75) is 26.8 Å². The number of nitrogens with one attached hydrogen (secondary N) is 1. The maximum absolute atomic E-state index is 13.0. The second-order valence-electron chi connectivity index (χ2n) is 6.90. The Morgan fingerprint density at radius 3 is 2.48 bits per heavy atom. The number of amides is 1. The third-order valence-electron chi connectivity index (χ3n) is 4.94. The normalized spacial score (nSPS) is 11.0. The van der Waals surface area contributed by atoms with Gasteiger partial charge in [-0.1, -0.05) is 49.4 Å². The predicted molar refractivity (Wildman–Crippen MR) is 118 cm³/mol. The Hall–Kier alpha value is -3.25. The molecule has 0 saturated carbocycles. The van der Waals surface area contributed by atoms with Crippen molar-refractivity contribution in [3.8, 4) is 0 Å². The quantitative estimate of drug-likeness (QED) is 0.528. The zero-order chi connectivity index (χ0) is 20.4. The van der Waals surface area contributed by atoms with Crippen LogP contribution >= 0.6 is 11.3 Å². The van der Waals surface area contributed by atoms with Crippen LogP contribution in [-0.2, 0) is 13.0 Å². The van der Waals surface area contributed by atoms with E-state index < -0.39 is 0 Å². The van der Waals surface area contributed by atoms with Gasteiger partial charge in [-0.2, -0.15) is 0 Å².